The van der Waals surface area contributed by atoms with Crippen LogP contribution in [-0.2, 0) is 9.53 Å². The van der Waals surface area contributed by atoms with Crippen molar-refractivity contribution in [2.45, 2.75) is 33.7 Å². The van der Waals surface area contributed by atoms with Gasteiger partial charge in [0, 0.05) is 25.2 Å². The number of anilines is 1. The third-order valence-electron chi connectivity index (χ3n) is 6.19. The minimum absolute atomic E-state index is 0.125. The molecule has 2 aliphatic heterocycles. The maximum atomic E-state index is 13.7. The molecular weight excluding hydrogens is 482 g/mol. The zero-order valence-electron chi connectivity index (χ0n) is 20.6. The maximum absolute atomic E-state index is 13.7. The van der Waals surface area contributed by atoms with Gasteiger partial charge < -0.3 is 23.5 Å². The molecule has 0 saturated heterocycles. The van der Waals surface area contributed by atoms with E-state index in [2.05, 4.69) is 23.7 Å². The summed E-state index contributed by atoms with van der Waals surface area (Å²) >= 11 is 1.25. The summed E-state index contributed by atoms with van der Waals surface area (Å²) in [6.45, 7) is 9.59. The van der Waals surface area contributed by atoms with Crippen LogP contribution in [0.2, 0.25) is 0 Å². The Kier molecular flexibility index (Phi) is 6.44. The van der Waals surface area contributed by atoms with Crippen LogP contribution in [0.1, 0.15) is 45.1 Å². The fourth-order valence-corrected chi connectivity index (χ4v) is 5.47. The largest absolute Gasteiger partial charge is 0.463 e. The molecular formula is C26H27N3O6S. The van der Waals surface area contributed by atoms with Crippen molar-refractivity contribution >= 4 is 29.3 Å². The van der Waals surface area contributed by atoms with Gasteiger partial charge in [-0.3, -0.25) is 9.36 Å². The van der Waals surface area contributed by atoms with Gasteiger partial charge in [-0.05, 0) is 51.5 Å². The summed E-state index contributed by atoms with van der Waals surface area (Å²) in [5.74, 6) is 1.99. The predicted octanol–water partition coefficient (Wildman–Crippen LogP) is 2.97. The molecule has 0 fully saturated rings. The Labute approximate surface area is 211 Å². The van der Waals surface area contributed by atoms with Crippen molar-refractivity contribution in [3.63, 3.8) is 0 Å². The molecule has 0 N–H and O–H groups in total. The number of allylic oxidation sites excluding steroid dienone is 1. The van der Waals surface area contributed by atoms with Crippen LogP contribution in [0.4, 0.5) is 5.88 Å². The number of fused-ring (bicyclic) bond motifs is 2. The first-order valence-corrected chi connectivity index (χ1v) is 12.7. The standard InChI is InChI=1S/C26H27N3O6S/c1-5-28(6-2)21-11-9-17(35-21)13-20-24(30)29-23(16-8-10-18-19(12-16)34-14-33-18)22(25(31)32-7-3)15(4)27-26(29)36-20/h8-13,23H,5-7,14H2,1-4H3/b20-13+/t23-/m1/s1. The molecule has 36 heavy (non-hydrogen) atoms. The van der Waals surface area contributed by atoms with Gasteiger partial charge in [-0.1, -0.05) is 17.4 Å². The minimum atomic E-state index is -0.722. The first-order chi connectivity index (χ1) is 17.4. The average molecular weight is 510 g/mol. The Morgan fingerprint density at radius 2 is 1.97 bits per heavy atom. The van der Waals surface area contributed by atoms with Crippen LogP contribution in [0, 0.1) is 0 Å². The number of nitrogens with zero attached hydrogens (tertiary/aromatic N) is 3. The van der Waals surface area contributed by atoms with E-state index in [1.54, 1.807) is 36.6 Å². The number of carbonyl (C=O) groups excluding carboxylic acids is 1. The molecule has 0 aliphatic carbocycles. The van der Waals surface area contributed by atoms with Crippen molar-refractivity contribution in [3.05, 3.63) is 72.6 Å². The van der Waals surface area contributed by atoms with Crippen LogP contribution in [-0.4, -0.2) is 37.0 Å². The topological polar surface area (TPSA) is 95.5 Å². The molecule has 3 aromatic rings. The molecule has 4 heterocycles. The van der Waals surface area contributed by atoms with Crippen molar-refractivity contribution in [1.29, 1.82) is 0 Å². The Morgan fingerprint density at radius 1 is 1.19 bits per heavy atom. The van der Waals surface area contributed by atoms with Crippen LogP contribution in [0.25, 0.3) is 6.08 Å². The lowest BCUT2D eigenvalue weighted by Crippen LogP contribution is -2.39. The molecule has 5 rings (SSSR count). The molecule has 188 valence electrons. The van der Waals surface area contributed by atoms with Gasteiger partial charge in [0.15, 0.2) is 22.2 Å². The quantitative estimate of drug-likeness (QED) is 0.452. The summed E-state index contributed by atoms with van der Waals surface area (Å²) in [5, 5.41) is 0. The summed E-state index contributed by atoms with van der Waals surface area (Å²) in [4.78, 5) is 33.9. The number of hydrogen-bond donors (Lipinski definition) is 0. The number of carbonyl (C=O) groups is 1. The SMILES string of the molecule is CCOC(=O)C1=C(C)N=c2s/c(=C/c3ccc(N(CC)CC)o3)c(=O)n2[C@@H]1c1ccc2c(c1)OCO2. The second-order valence-corrected chi connectivity index (χ2v) is 9.27. The van der Waals surface area contributed by atoms with Crippen LogP contribution in [0.5, 0.6) is 11.5 Å². The summed E-state index contributed by atoms with van der Waals surface area (Å²) in [7, 11) is 0. The molecule has 0 spiro atoms. The molecule has 2 aliphatic rings. The average Bonchev–Trinajstić information content (AvgIpc) is 3.59. The van der Waals surface area contributed by atoms with E-state index in [1.165, 1.54) is 11.3 Å². The molecule has 0 unspecified atom stereocenters. The normalized spacial score (nSPS) is 16.7. The van der Waals surface area contributed by atoms with E-state index in [1.807, 2.05) is 18.2 Å². The second-order valence-electron chi connectivity index (χ2n) is 8.26. The fraction of sp³-hybridized carbons (Fsp3) is 0.346. The summed E-state index contributed by atoms with van der Waals surface area (Å²) in [6, 6.07) is 8.43. The molecule has 9 nitrogen and oxygen atoms in total. The molecule has 0 saturated carbocycles. The monoisotopic (exact) mass is 509 g/mol. The number of benzene rings is 1. The highest BCUT2D eigenvalue weighted by molar-refractivity contribution is 7.07. The van der Waals surface area contributed by atoms with Gasteiger partial charge >= 0.3 is 5.97 Å². The van der Waals surface area contributed by atoms with E-state index in [0.29, 0.717) is 43.4 Å². The first kappa shape index (κ1) is 23.9. The molecule has 1 atom stereocenters. The summed E-state index contributed by atoms with van der Waals surface area (Å²) in [5.41, 5.74) is 1.25. The van der Waals surface area contributed by atoms with Crippen molar-refractivity contribution < 1.29 is 23.4 Å². The lowest BCUT2D eigenvalue weighted by Gasteiger charge is -2.24. The second kappa shape index (κ2) is 9.69. The number of aromatic nitrogens is 1. The highest BCUT2D eigenvalue weighted by Crippen LogP contribution is 2.38. The van der Waals surface area contributed by atoms with Crippen LogP contribution in [0.15, 0.2) is 55.8 Å². The number of rotatable bonds is 7. The third-order valence-corrected chi connectivity index (χ3v) is 7.17. The number of esters is 1. The van der Waals surface area contributed by atoms with Gasteiger partial charge in [-0.25, -0.2) is 9.79 Å². The van der Waals surface area contributed by atoms with Crippen molar-refractivity contribution in [2.24, 2.45) is 4.99 Å². The zero-order chi connectivity index (χ0) is 25.4. The van der Waals surface area contributed by atoms with E-state index in [0.717, 1.165) is 19.0 Å². The molecule has 2 aromatic heterocycles. The van der Waals surface area contributed by atoms with Crippen molar-refractivity contribution in [1.82, 2.24) is 4.57 Å². The number of ether oxygens (including phenoxy) is 3. The Hall–Kier alpha value is -3.79. The smallest absolute Gasteiger partial charge is 0.338 e. The van der Waals surface area contributed by atoms with E-state index in [4.69, 9.17) is 18.6 Å². The van der Waals surface area contributed by atoms with Gasteiger partial charge in [-0.15, -0.1) is 0 Å². The van der Waals surface area contributed by atoms with Crippen LogP contribution < -0.4 is 29.3 Å². The predicted molar refractivity (Wildman–Crippen MR) is 135 cm³/mol. The van der Waals surface area contributed by atoms with Gasteiger partial charge in [0.1, 0.15) is 5.76 Å². The van der Waals surface area contributed by atoms with Gasteiger partial charge in [0.25, 0.3) is 5.56 Å². The minimum Gasteiger partial charge on any atom is -0.463 e. The summed E-state index contributed by atoms with van der Waals surface area (Å²) in [6.07, 6.45) is 1.72. The zero-order valence-corrected chi connectivity index (χ0v) is 21.4. The highest BCUT2D eigenvalue weighted by Gasteiger charge is 2.34. The van der Waals surface area contributed by atoms with Crippen molar-refractivity contribution in [2.75, 3.05) is 31.4 Å². The van der Waals surface area contributed by atoms with E-state index in [-0.39, 0.29) is 19.0 Å². The molecule has 0 bridgehead atoms. The van der Waals surface area contributed by atoms with Gasteiger partial charge in [-0.2, -0.15) is 0 Å². The molecule has 0 radical (unpaired) electrons. The third kappa shape index (κ3) is 4.11. The lowest BCUT2D eigenvalue weighted by molar-refractivity contribution is -0.139. The lowest BCUT2D eigenvalue weighted by atomic mass is 9.95. The van der Waals surface area contributed by atoms with E-state index < -0.39 is 12.0 Å². The maximum Gasteiger partial charge on any atom is 0.338 e. The van der Waals surface area contributed by atoms with E-state index >= 15 is 0 Å². The Balaban J connectivity index is 1.66. The summed E-state index contributed by atoms with van der Waals surface area (Å²) < 4.78 is 24.3. The van der Waals surface area contributed by atoms with Crippen LogP contribution >= 0.6 is 11.3 Å². The molecule has 10 heteroatoms. The molecule has 1 aromatic carbocycles. The Bertz CT molecular complexity index is 1530. The number of furan rings is 1. The van der Waals surface area contributed by atoms with Gasteiger partial charge in [0.05, 0.1) is 28.5 Å². The first-order valence-electron chi connectivity index (χ1n) is 11.9. The van der Waals surface area contributed by atoms with Crippen LogP contribution in [0.3, 0.4) is 0 Å². The van der Waals surface area contributed by atoms with Gasteiger partial charge in [0.2, 0.25) is 6.79 Å². The Morgan fingerprint density at radius 3 is 2.72 bits per heavy atom. The van der Waals surface area contributed by atoms with Crippen molar-refractivity contribution in [3.8, 4) is 11.5 Å². The fourth-order valence-electron chi connectivity index (χ4n) is 4.44. The number of thiazole rings is 1. The number of hydrogen-bond acceptors (Lipinski definition) is 9. The highest BCUT2D eigenvalue weighted by atomic mass is 32.1. The molecule has 0 amide bonds. The van der Waals surface area contributed by atoms with E-state index in [9.17, 15) is 9.59 Å².